The van der Waals surface area contributed by atoms with Gasteiger partial charge in [-0.2, -0.15) is 0 Å². The highest BCUT2D eigenvalue weighted by atomic mass is 35.5. The molecule has 0 fully saturated rings. The van der Waals surface area contributed by atoms with E-state index in [1.807, 2.05) is 42.7 Å². The van der Waals surface area contributed by atoms with Crippen molar-refractivity contribution in [1.29, 1.82) is 0 Å². The second kappa shape index (κ2) is 6.67. The van der Waals surface area contributed by atoms with Crippen LogP contribution < -0.4 is 17.0 Å². The number of nitrogen functional groups attached to an aromatic ring is 1. The number of benzene rings is 2. The molecule has 0 amide bonds. The number of fused-ring (bicyclic) bond motifs is 1. The largest absolute Gasteiger partial charge is 0.397 e. The normalized spacial score (nSPS) is 11.3. The Hall–Kier alpha value is -3.25. The molecule has 29 heavy (non-hydrogen) atoms. The lowest BCUT2D eigenvalue weighted by molar-refractivity contribution is 0.714. The van der Waals surface area contributed by atoms with Crippen molar-refractivity contribution in [3.8, 4) is 16.9 Å². The van der Waals surface area contributed by atoms with Gasteiger partial charge in [0.05, 0.1) is 28.0 Å². The zero-order valence-electron chi connectivity index (χ0n) is 16.7. The summed E-state index contributed by atoms with van der Waals surface area (Å²) in [6.45, 7) is 4.01. The van der Waals surface area contributed by atoms with Gasteiger partial charge >= 0.3 is 5.69 Å². The lowest BCUT2D eigenvalue weighted by Gasteiger charge is -2.14. The number of halogens is 1. The van der Waals surface area contributed by atoms with E-state index in [2.05, 4.69) is 0 Å². The first-order valence-corrected chi connectivity index (χ1v) is 9.52. The molecule has 0 saturated carbocycles. The summed E-state index contributed by atoms with van der Waals surface area (Å²) in [6, 6.07) is 11.2. The molecule has 0 unspecified atom stereocenters. The van der Waals surface area contributed by atoms with Gasteiger partial charge < -0.3 is 10.3 Å². The number of rotatable bonds is 2. The Kier molecular flexibility index (Phi) is 4.39. The van der Waals surface area contributed by atoms with E-state index in [0.29, 0.717) is 27.3 Å². The highest BCUT2D eigenvalue weighted by Gasteiger charge is 2.21. The maximum absolute atomic E-state index is 13.1. The van der Waals surface area contributed by atoms with Crippen LogP contribution in [0.3, 0.4) is 0 Å². The second-order valence-electron chi connectivity index (χ2n) is 7.32. The number of aromatic nitrogens is 3. The van der Waals surface area contributed by atoms with Gasteiger partial charge in [0, 0.05) is 25.3 Å². The molecule has 0 bridgehead atoms. The molecule has 148 valence electrons. The number of hydrogen-bond acceptors (Lipinski definition) is 3. The summed E-state index contributed by atoms with van der Waals surface area (Å²) in [7, 11) is 3.14. The van der Waals surface area contributed by atoms with E-state index < -0.39 is 0 Å². The van der Waals surface area contributed by atoms with Crippen LogP contribution in [0.4, 0.5) is 5.69 Å². The Morgan fingerprint density at radius 3 is 2.21 bits per heavy atom. The molecule has 0 aliphatic carbocycles. The Balaban J connectivity index is 2.22. The van der Waals surface area contributed by atoms with E-state index in [1.54, 1.807) is 25.4 Å². The molecule has 2 N–H and O–H groups in total. The van der Waals surface area contributed by atoms with Gasteiger partial charge in [0.2, 0.25) is 0 Å². The molecule has 0 aliphatic heterocycles. The van der Waals surface area contributed by atoms with Gasteiger partial charge in [0.1, 0.15) is 0 Å². The number of hydrogen-bond donors (Lipinski definition) is 1. The zero-order chi connectivity index (χ0) is 21.0. The highest BCUT2D eigenvalue weighted by Crippen LogP contribution is 2.34. The van der Waals surface area contributed by atoms with Gasteiger partial charge in [-0.25, -0.2) is 4.79 Å². The van der Waals surface area contributed by atoms with Crippen molar-refractivity contribution in [2.45, 2.75) is 13.8 Å². The topological polar surface area (TPSA) is 74.9 Å². The van der Waals surface area contributed by atoms with Crippen molar-refractivity contribution < 1.29 is 0 Å². The van der Waals surface area contributed by atoms with Crippen molar-refractivity contribution in [3.63, 3.8) is 0 Å². The van der Waals surface area contributed by atoms with Crippen LogP contribution in [-0.2, 0) is 14.1 Å². The molecule has 0 spiro atoms. The van der Waals surface area contributed by atoms with Crippen LogP contribution in [0.5, 0.6) is 0 Å². The highest BCUT2D eigenvalue weighted by molar-refractivity contribution is 6.30. The molecule has 4 aromatic rings. The predicted molar refractivity (Wildman–Crippen MR) is 118 cm³/mol. The minimum Gasteiger partial charge on any atom is -0.397 e. The van der Waals surface area contributed by atoms with Crippen molar-refractivity contribution in [2.75, 3.05) is 5.73 Å². The molecule has 0 saturated heterocycles. The fraction of sp³-hybridized carbons (Fsp3) is 0.182. The molecule has 2 aromatic heterocycles. The molecule has 6 nitrogen and oxygen atoms in total. The standard InChI is InChI=1S/C22H21ClN4O2/c1-12-9-16(24)17(10-13(12)2)27-11-18-19(21(28)26(4)22(29)25(18)3)20(27)14-5-7-15(23)8-6-14/h5-11H,24H2,1-4H3. The van der Waals surface area contributed by atoms with Gasteiger partial charge in [-0.1, -0.05) is 23.7 Å². The lowest BCUT2D eigenvalue weighted by Crippen LogP contribution is -2.36. The smallest absolute Gasteiger partial charge is 0.330 e. The van der Waals surface area contributed by atoms with Crippen LogP contribution >= 0.6 is 11.6 Å². The van der Waals surface area contributed by atoms with Crippen LogP contribution in [0.1, 0.15) is 11.1 Å². The Labute approximate surface area is 172 Å². The molecule has 2 aromatic carbocycles. The molecule has 0 atom stereocenters. The first-order chi connectivity index (χ1) is 13.7. The average molecular weight is 409 g/mol. The number of anilines is 1. The summed E-state index contributed by atoms with van der Waals surface area (Å²) in [6.07, 6.45) is 1.79. The minimum atomic E-state index is -0.379. The van der Waals surface area contributed by atoms with E-state index in [4.69, 9.17) is 17.3 Å². The summed E-state index contributed by atoms with van der Waals surface area (Å²) in [4.78, 5) is 25.6. The first kappa shape index (κ1) is 19.1. The SMILES string of the molecule is Cc1cc(N)c(-n2cc3c(c2-c2ccc(Cl)cc2)c(=O)n(C)c(=O)n3C)cc1C. The fourth-order valence-corrected chi connectivity index (χ4v) is 3.78. The van der Waals surface area contributed by atoms with Crippen LogP contribution in [0.25, 0.3) is 27.8 Å². The predicted octanol–water partition coefficient (Wildman–Crippen LogP) is 3.55. The molecule has 0 radical (unpaired) electrons. The quantitative estimate of drug-likeness (QED) is 0.515. The third-order valence-electron chi connectivity index (χ3n) is 5.46. The third-order valence-corrected chi connectivity index (χ3v) is 5.71. The average Bonchev–Trinajstić information content (AvgIpc) is 3.08. The monoisotopic (exact) mass is 408 g/mol. The summed E-state index contributed by atoms with van der Waals surface area (Å²) < 4.78 is 4.48. The van der Waals surface area contributed by atoms with E-state index in [-0.39, 0.29) is 11.2 Å². The van der Waals surface area contributed by atoms with E-state index in [0.717, 1.165) is 26.9 Å². The van der Waals surface area contributed by atoms with Crippen molar-refractivity contribution >= 4 is 28.2 Å². The van der Waals surface area contributed by atoms with Crippen LogP contribution in [0.15, 0.2) is 52.2 Å². The summed E-state index contributed by atoms with van der Waals surface area (Å²) >= 11 is 6.08. The van der Waals surface area contributed by atoms with E-state index in [1.165, 1.54) is 11.6 Å². The van der Waals surface area contributed by atoms with Crippen molar-refractivity contribution in [1.82, 2.24) is 13.7 Å². The lowest BCUT2D eigenvalue weighted by atomic mass is 10.1. The van der Waals surface area contributed by atoms with Gasteiger partial charge in [-0.3, -0.25) is 13.9 Å². The van der Waals surface area contributed by atoms with Gasteiger partial charge in [-0.05, 0) is 54.8 Å². The fourth-order valence-electron chi connectivity index (χ4n) is 3.65. The maximum atomic E-state index is 13.1. The van der Waals surface area contributed by atoms with Gasteiger partial charge in [0.15, 0.2) is 0 Å². The summed E-state index contributed by atoms with van der Waals surface area (Å²) in [5.74, 6) is 0. The second-order valence-corrected chi connectivity index (χ2v) is 7.75. The van der Waals surface area contributed by atoms with Gasteiger partial charge in [-0.15, -0.1) is 0 Å². The zero-order valence-corrected chi connectivity index (χ0v) is 17.4. The minimum absolute atomic E-state index is 0.353. The molecule has 2 heterocycles. The van der Waals surface area contributed by atoms with Crippen LogP contribution in [0, 0.1) is 13.8 Å². The maximum Gasteiger partial charge on any atom is 0.330 e. The first-order valence-electron chi connectivity index (χ1n) is 9.14. The third kappa shape index (κ3) is 2.87. The molecular weight excluding hydrogens is 388 g/mol. The number of aryl methyl sites for hydroxylation is 3. The van der Waals surface area contributed by atoms with Gasteiger partial charge in [0.25, 0.3) is 5.56 Å². The van der Waals surface area contributed by atoms with E-state index >= 15 is 0 Å². The van der Waals surface area contributed by atoms with Crippen LogP contribution in [0.2, 0.25) is 5.02 Å². The Bertz CT molecular complexity index is 1390. The summed E-state index contributed by atoms with van der Waals surface area (Å²) in [5, 5.41) is 1.05. The Morgan fingerprint density at radius 2 is 1.55 bits per heavy atom. The Morgan fingerprint density at radius 1 is 0.931 bits per heavy atom. The summed E-state index contributed by atoms with van der Waals surface area (Å²) in [5.41, 5.74) is 11.1. The van der Waals surface area contributed by atoms with Crippen LogP contribution in [-0.4, -0.2) is 13.7 Å². The molecule has 0 aliphatic rings. The molecule has 4 rings (SSSR count). The molecular formula is C22H21ClN4O2. The van der Waals surface area contributed by atoms with E-state index in [9.17, 15) is 9.59 Å². The molecule has 7 heteroatoms. The van der Waals surface area contributed by atoms with Crippen molar-refractivity contribution in [3.05, 3.63) is 79.6 Å². The number of nitrogens with zero attached hydrogens (tertiary/aromatic N) is 3. The number of nitrogens with two attached hydrogens (primary N) is 1. The van der Waals surface area contributed by atoms with Crippen molar-refractivity contribution in [2.24, 2.45) is 14.1 Å².